The fourth-order valence-electron chi connectivity index (χ4n) is 3.71. The number of benzene rings is 2. The first-order valence-corrected chi connectivity index (χ1v) is 13.4. The Balaban J connectivity index is 1.73. The molecule has 0 atom stereocenters. The van der Waals surface area contributed by atoms with Gasteiger partial charge in [-0.15, -0.1) is 0 Å². The predicted octanol–water partition coefficient (Wildman–Crippen LogP) is 2.74. The van der Waals surface area contributed by atoms with Crippen LogP contribution in [0.15, 0.2) is 52.3 Å². The fraction of sp³-hybridized carbons (Fsp3) is 0.381. The molecule has 1 fully saturated rings. The van der Waals surface area contributed by atoms with Crippen LogP contribution in [-0.2, 0) is 24.7 Å². The number of nitro groups is 1. The molecule has 0 aromatic heterocycles. The number of rotatable bonds is 7. The molecule has 1 saturated heterocycles. The van der Waals surface area contributed by atoms with Gasteiger partial charge < -0.3 is 5.32 Å². The quantitative estimate of drug-likeness (QED) is 0.459. The monoisotopic (exact) mass is 495 g/mol. The molecule has 33 heavy (non-hydrogen) atoms. The summed E-state index contributed by atoms with van der Waals surface area (Å²) >= 11 is 0. The Morgan fingerprint density at radius 3 is 2.33 bits per heavy atom. The van der Waals surface area contributed by atoms with Crippen molar-refractivity contribution in [1.82, 2.24) is 4.31 Å². The summed E-state index contributed by atoms with van der Waals surface area (Å²) in [4.78, 5) is 23.1. The third-order valence-electron chi connectivity index (χ3n) is 5.69. The normalized spacial score (nSPS) is 15.8. The van der Waals surface area contributed by atoms with Crippen LogP contribution in [0.3, 0.4) is 0 Å². The summed E-state index contributed by atoms with van der Waals surface area (Å²) in [6, 6.07) is 9.86. The van der Waals surface area contributed by atoms with Crippen molar-refractivity contribution in [2.24, 2.45) is 5.92 Å². The van der Waals surface area contributed by atoms with Gasteiger partial charge in [-0.25, -0.2) is 16.8 Å². The number of carbonyl (C=O) groups excluding carboxylic acids is 1. The fourth-order valence-corrected chi connectivity index (χ4v) is 6.47. The number of nitrogens with one attached hydrogen (secondary N) is 1. The van der Waals surface area contributed by atoms with Gasteiger partial charge in [0, 0.05) is 31.1 Å². The molecule has 12 heteroatoms. The average molecular weight is 496 g/mol. The number of sulfonamides is 1. The number of sulfone groups is 1. The number of nitrogens with zero attached hydrogens (tertiary/aromatic N) is 2. The summed E-state index contributed by atoms with van der Waals surface area (Å²) in [6.07, 6.45) is 0.476. The van der Waals surface area contributed by atoms with Crippen LogP contribution in [0.2, 0.25) is 0 Å². The highest BCUT2D eigenvalue weighted by Crippen LogP contribution is 2.29. The van der Waals surface area contributed by atoms with Crippen molar-refractivity contribution in [3.63, 3.8) is 0 Å². The summed E-state index contributed by atoms with van der Waals surface area (Å²) in [7, 11) is -7.50. The number of hydrogen-bond donors (Lipinski definition) is 1. The lowest BCUT2D eigenvalue weighted by molar-refractivity contribution is -0.385. The Hall–Kier alpha value is -2.83. The lowest BCUT2D eigenvalue weighted by atomic mass is 9.97. The van der Waals surface area contributed by atoms with E-state index < -0.39 is 30.7 Å². The zero-order valence-corrected chi connectivity index (χ0v) is 19.9. The van der Waals surface area contributed by atoms with Gasteiger partial charge in [0.25, 0.3) is 5.69 Å². The first-order valence-electron chi connectivity index (χ1n) is 10.3. The molecule has 1 amide bonds. The van der Waals surface area contributed by atoms with E-state index in [0.29, 0.717) is 5.56 Å². The number of piperidine rings is 1. The average Bonchev–Trinajstić information content (AvgIpc) is 2.79. The summed E-state index contributed by atoms with van der Waals surface area (Å²) in [5, 5.41) is 13.7. The number of amides is 1. The van der Waals surface area contributed by atoms with E-state index >= 15 is 0 Å². The zero-order chi connectivity index (χ0) is 24.4. The Morgan fingerprint density at radius 1 is 1.09 bits per heavy atom. The number of aryl methyl sites for hydroxylation is 1. The third kappa shape index (κ3) is 5.23. The first kappa shape index (κ1) is 24.8. The SMILES string of the molecule is CCS(=O)(=O)c1ccccc1NC(=O)C1CCN(S(=O)(=O)c2cc([N+](=O)[O-])ccc2C)CC1. The lowest BCUT2D eigenvalue weighted by Gasteiger charge is -2.31. The van der Waals surface area contributed by atoms with Crippen LogP contribution in [0.5, 0.6) is 0 Å². The molecule has 2 aromatic carbocycles. The smallest absolute Gasteiger partial charge is 0.270 e. The maximum atomic E-state index is 13.1. The maximum Gasteiger partial charge on any atom is 0.270 e. The van der Waals surface area contributed by atoms with E-state index in [2.05, 4.69) is 5.32 Å². The molecule has 0 bridgehead atoms. The molecule has 1 heterocycles. The molecule has 10 nitrogen and oxygen atoms in total. The molecule has 0 aliphatic carbocycles. The molecular formula is C21H25N3O7S2. The van der Waals surface area contributed by atoms with Crippen LogP contribution in [0.1, 0.15) is 25.3 Å². The molecule has 178 valence electrons. The second-order valence-electron chi connectivity index (χ2n) is 7.77. The van der Waals surface area contributed by atoms with Gasteiger partial charge in [0.1, 0.15) is 0 Å². The highest BCUT2D eigenvalue weighted by Gasteiger charge is 2.34. The van der Waals surface area contributed by atoms with Crippen molar-refractivity contribution in [2.75, 3.05) is 24.2 Å². The third-order valence-corrected chi connectivity index (χ3v) is 9.51. The number of hydrogen-bond acceptors (Lipinski definition) is 7. The van der Waals surface area contributed by atoms with E-state index in [1.807, 2.05) is 0 Å². The highest BCUT2D eigenvalue weighted by atomic mass is 32.2. The second kappa shape index (κ2) is 9.57. The number of para-hydroxylation sites is 1. The summed E-state index contributed by atoms with van der Waals surface area (Å²) < 4.78 is 52.0. The number of non-ortho nitro benzene ring substituents is 1. The highest BCUT2D eigenvalue weighted by molar-refractivity contribution is 7.91. The minimum Gasteiger partial charge on any atom is -0.325 e. The van der Waals surface area contributed by atoms with Gasteiger partial charge in [0.2, 0.25) is 15.9 Å². The van der Waals surface area contributed by atoms with Gasteiger partial charge in [-0.1, -0.05) is 25.1 Å². The van der Waals surface area contributed by atoms with Crippen LogP contribution in [-0.4, -0.2) is 50.8 Å². The van der Waals surface area contributed by atoms with E-state index in [4.69, 9.17) is 0 Å². The van der Waals surface area contributed by atoms with E-state index in [-0.39, 0.29) is 58.8 Å². The lowest BCUT2D eigenvalue weighted by Crippen LogP contribution is -2.41. The minimum atomic E-state index is -3.97. The molecule has 1 N–H and O–H groups in total. The largest absolute Gasteiger partial charge is 0.325 e. The Bertz CT molecular complexity index is 1280. The van der Waals surface area contributed by atoms with Crippen LogP contribution in [0, 0.1) is 23.0 Å². The van der Waals surface area contributed by atoms with Gasteiger partial charge in [0.15, 0.2) is 9.84 Å². The number of nitro benzene ring substituents is 1. The molecule has 1 aliphatic heterocycles. The molecule has 3 rings (SSSR count). The van der Waals surface area contributed by atoms with Gasteiger partial charge >= 0.3 is 0 Å². The standard InChI is InChI=1S/C21H25N3O7S2/c1-3-32(28,29)19-7-5-4-6-18(19)22-21(25)16-10-12-23(13-11-16)33(30,31)20-14-17(24(26)27)9-8-15(20)2/h4-9,14,16H,3,10-13H2,1-2H3,(H,22,25). The van der Waals surface area contributed by atoms with Crippen LogP contribution in [0.25, 0.3) is 0 Å². The predicted molar refractivity (Wildman–Crippen MR) is 122 cm³/mol. The van der Waals surface area contributed by atoms with Gasteiger partial charge in [-0.3, -0.25) is 14.9 Å². The second-order valence-corrected chi connectivity index (χ2v) is 11.9. The molecule has 2 aromatic rings. The number of carbonyl (C=O) groups is 1. The van der Waals surface area contributed by atoms with E-state index in [1.54, 1.807) is 19.1 Å². The summed E-state index contributed by atoms with van der Waals surface area (Å²) in [5.74, 6) is -0.981. The molecular weight excluding hydrogens is 470 g/mol. The van der Waals surface area contributed by atoms with Crippen molar-refractivity contribution >= 4 is 37.1 Å². The topological polar surface area (TPSA) is 144 Å². The van der Waals surface area contributed by atoms with Crippen molar-refractivity contribution in [1.29, 1.82) is 0 Å². The van der Waals surface area contributed by atoms with Gasteiger partial charge in [-0.05, 0) is 37.5 Å². The molecule has 0 radical (unpaired) electrons. The first-order chi connectivity index (χ1) is 15.5. The summed E-state index contributed by atoms with van der Waals surface area (Å²) in [6.45, 7) is 3.22. The van der Waals surface area contributed by atoms with Crippen LogP contribution < -0.4 is 5.32 Å². The molecule has 0 saturated carbocycles. The van der Waals surface area contributed by atoms with Crippen LogP contribution >= 0.6 is 0 Å². The van der Waals surface area contributed by atoms with E-state index in [1.165, 1.54) is 35.5 Å². The van der Waals surface area contributed by atoms with Crippen molar-refractivity contribution < 1.29 is 26.6 Å². The van der Waals surface area contributed by atoms with Crippen molar-refractivity contribution in [2.45, 2.75) is 36.5 Å². The maximum absolute atomic E-state index is 13.1. The number of anilines is 1. The van der Waals surface area contributed by atoms with E-state index in [9.17, 15) is 31.7 Å². The van der Waals surface area contributed by atoms with Gasteiger partial charge in [0.05, 0.1) is 26.2 Å². The van der Waals surface area contributed by atoms with Crippen molar-refractivity contribution in [3.8, 4) is 0 Å². The van der Waals surface area contributed by atoms with Crippen LogP contribution in [0.4, 0.5) is 11.4 Å². The van der Waals surface area contributed by atoms with E-state index in [0.717, 1.165) is 6.07 Å². The Morgan fingerprint density at radius 2 is 1.73 bits per heavy atom. The summed E-state index contributed by atoms with van der Waals surface area (Å²) in [5.41, 5.74) is 0.287. The molecule has 1 aliphatic rings. The van der Waals surface area contributed by atoms with Crippen molar-refractivity contribution in [3.05, 3.63) is 58.1 Å². The minimum absolute atomic E-state index is 0.0435. The Kier molecular flexibility index (Phi) is 7.20. The molecule has 0 unspecified atom stereocenters. The zero-order valence-electron chi connectivity index (χ0n) is 18.2. The molecule has 0 spiro atoms. The van der Waals surface area contributed by atoms with Gasteiger partial charge in [-0.2, -0.15) is 4.31 Å². The Labute approximate surface area is 192 Å².